The second kappa shape index (κ2) is 6.08. The van der Waals surface area contributed by atoms with Crippen molar-refractivity contribution in [2.45, 2.75) is 13.3 Å². The van der Waals surface area contributed by atoms with Gasteiger partial charge in [-0.05, 0) is 18.1 Å². The largest absolute Gasteiger partial charge is 0.383 e. The number of hydrogen-bond acceptors (Lipinski definition) is 4. The Morgan fingerprint density at radius 2 is 2.09 bits per heavy atom. The summed E-state index contributed by atoms with van der Waals surface area (Å²) < 4.78 is 0. The molecule has 118 valence electrons. The number of benzene rings is 1. The Morgan fingerprint density at radius 3 is 2.78 bits per heavy atom. The molecule has 0 radical (unpaired) electrons. The van der Waals surface area contributed by atoms with Gasteiger partial charge in [0.1, 0.15) is 11.6 Å². The summed E-state index contributed by atoms with van der Waals surface area (Å²) in [6.07, 6.45) is 0.429. The van der Waals surface area contributed by atoms with Crippen LogP contribution >= 0.6 is 0 Å². The van der Waals surface area contributed by atoms with Crippen LogP contribution < -0.4 is 16.6 Å². The second-order valence-electron chi connectivity index (χ2n) is 5.55. The Kier molecular flexibility index (Phi) is 3.97. The number of H-pyrrole nitrogens is 1. The fraction of sp³-hybridized carbons (Fsp3) is 0.235. The Hall–Kier alpha value is -2.89. The normalized spacial score (nSPS) is 16.3. The molecule has 0 bridgehead atoms. The van der Waals surface area contributed by atoms with Crippen LogP contribution in [-0.4, -0.2) is 22.4 Å². The first-order chi connectivity index (χ1) is 11.1. The minimum absolute atomic E-state index is 0.0207. The van der Waals surface area contributed by atoms with Gasteiger partial charge in [-0.2, -0.15) is 0 Å². The summed E-state index contributed by atoms with van der Waals surface area (Å²) in [5, 5.41) is 2.88. The van der Waals surface area contributed by atoms with Crippen LogP contribution in [0.5, 0.6) is 0 Å². The molecule has 0 spiro atoms. The molecule has 0 fully saturated rings. The predicted octanol–water partition coefficient (Wildman–Crippen LogP) is 1.11. The molecule has 1 amide bonds. The van der Waals surface area contributed by atoms with E-state index in [1.54, 1.807) is 0 Å². The molecule has 1 aromatic heterocycles. The fourth-order valence-electron chi connectivity index (χ4n) is 2.72. The molecule has 1 heterocycles. The highest BCUT2D eigenvalue weighted by Crippen LogP contribution is 2.46. The third-order valence-corrected chi connectivity index (χ3v) is 3.88. The fourth-order valence-corrected chi connectivity index (χ4v) is 2.72. The molecule has 3 rings (SSSR count). The van der Waals surface area contributed by atoms with Crippen molar-refractivity contribution in [2.24, 2.45) is 5.92 Å². The molecule has 1 aliphatic carbocycles. The van der Waals surface area contributed by atoms with Crippen LogP contribution in [0.1, 0.15) is 18.3 Å². The number of rotatable bonds is 5. The number of carbonyl (C=O) groups is 1. The second-order valence-corrected chi connectivity index (χ2v) is 5.55. The van der Waals surface area contributed by atoms with Crippen molar-refractivity contribution in [2.75, 3.05) is 12.3 Å². The number of aromatic nitrogens is 2. The van der Waals surface area contributed by atoms with Crippen molar-refractivity contribution in [1.29, 1.82) is 0 Å². The van der Waals surface area contributed by atoms with E-state index in [1.807, 2.05) is 37.3 Å². The minimum Gasteiger partial charge on any atom is -0.383 e. The lowest BCUT2D eigenvalue weighted by atomic mass is 10.1. The van der Waals surface area contributed by atoms with Crippen molar-refractivity contribution in [3.05, 3.63) is 63.7 Å². The Balaban J connectivity index is 1.54. The quantitative estimate of drug-likeness (QED) is 0.770. The number of nitrogens with one attached hydrogen (secondary N) is 2. The highest BCUT2D eigenvalue weighted by molar-refractivity contribution is 6.05. The van der Waals surface area contributed by atoms with Gasteiger partial charge in [-0.3, -0.25) is 9.59 Å². The monoisotopic (exact) mass is 310 g/mol. The molecule has 1 atom stereocenters. The predicted molar refractivity (Wildman–Crippen MR) is 88.5 cm³/mol. The van der Waals surface area contributed by atoms with E-state index in [2.05, 4.69) is 15.3 Å². The Labute approximate surface area is 133 Å². The number of nitrogens with two attached hydrogens (primary N) is 1. The summed E-state index contributed by atoms with van der Waals surface area (Å²) in [5.41, 5.74) is 8.52. The van der Waals surface area contributed by atoms with Gasteiger partial charge < -0.3 is 16.0 Å². The Morgan fingerprint density at radius 1 is 1.35 bits per heavy atom. The maximum absolute atomic E-state index is 12.3. The lowest BCUT2D eigenvalue weighted by Crippen LogP contribution is -2.29. The van der Waals surface area contributed by atoms with Gasteiger partial charge in [0.2, 0.25) is 5.91 Å². The average Bonchev–Trinajstić information content (AvgIpc) is 3.18. The van der Waals surface area contributed by atoms with Gasteiger partial charge in [-0.1, -0.05) is 35.9 Å². The number of hydrogen-bond donors (Lipinski definition) is 3. The maximum Gasteiger partial charge on any atom is 0.252 e. The average molecular weight is 310 g/mol. The summed E-state index contributed by atoms with van der Waals surface area (Å²) in [5.74, 6) is 0.484. The number of carbonyl (C=O) groups excluding carboxylic acids is 1. The van der Waals surface area contributed by atoms with E-state index in [-0.39, 0.29) is 23.2 Å². The molecule has 1 aromatic carbocycles. The van der Waals surface area contributed by atoms with Crippen LogP contribution in [0.25, 0.3) is 5.57 Å². The summed E-state index contributed by atoms with van der Waals surface area (Å²) >= 11 is 0. The third-order valence-electron chi connectivity index (χ3n) is 3.88. The zero-order valence-electron chi connectivity index (χ0n) is 12.8. The molecule has 1 aliphatic rings. The molecule has 2 aromatic rings. The summed E-state index contributed by atoms with van der Waals surface area (Å²) in [4.78, 5) is 30.2. The van der Waals surface area contributed by atoms with Crippen LogP contribution in [-0.2, 0) is 11.2 Å². The molecule has 23 heavy (non-hydrogen) atoms. The van der Waals surface area contributed by atoms with E-state index >= 15 is 0 Å². The smallest absolute Gasteiger partial charge is 0.252 e. The number of nitrogen functional groups attached to an aromatic ring is 1. The van der Waals surface area contributed by atoms with E-state index in [1.165, 1.54) is 6.07 Å². The minimum atomic E-state index is -0.287. The number of aromatic amines is 1. The van der Waals surface area contributed by atoms with Crippen LogP contribution in [0, 0.1) is 5.92 Å². The van der Waals surface area contributed by atoms with Crippen LogP contribution in [0.4, 0.5) is 5.82 Å². The molecule has 0 aliphatic heterocycles. The third kappa shape index (κ3) is 3.31. The first-order valence-electron chi connectivity index (χ1n) is 7.46. The van der Waals surface area contributed by atoms with Crippen molar-refractivity contribution >= 4 is 17.3 Å². The van der Waals surface area contributed by atoms with Crippen molar-refractivity contribution in [1.82, 2.24) is 15.3 Å². The zero-order chi connectivity index (χ0) is 16.4. The lowest BCUT2D eigenvalue weighted by molar-refractivity contribution is -0.121. The molecular formula is C17H18N4O2. The lowest BCUT2D eigenvalue weighted by Gasteiger charge is -2.06. The number of amides is 1. The highest BCUT2D eigenvalue weighted by atomic mass is 16.2. The molecule has 6 heteroatoms. The van der Waals surface area contributed by atoms with E-state index in [0.717, 1.165) is 16.7 Å². The molecule has 0 saturated carbocycles. The van der Waals surface area contributed by atoms with Gasteiger partial charge in [-0.15, -0.1) is 0 Å². The van der Waals surface area contributed by atoms with Crippen LogP contribution in [0.15, 0.2) is 46.8 Å². The van der Waals surface area contributed by atoms with Crippen LogP contribution in [0.2, 0.25) is 0 Å². The van der Waals surface area contributed by atoms with Crippen LogP contribution in [0.3, 0.4) is 0 Å². The molecule has 0 saturated heterocycles. The Bertz CT molecular complexity index is 824. The van der Waals surface area contributed by atoms with Gasteiger partial charge in [0.05, 0.1) is 5.92 Å². The van der Waals surface area contributed by atoms with E-state index in [9.17, 15) is 9.59 Å². The van der Waals surface area contributed by atoms with Crippen molar-refractivity contribution in [3.63, 3.8) is 0 Å². The van der Waals surface area contributed by atoms with Crippen molar-refractivity contribution in [3.8, 4) is 0 Å². The molecule has 6 nitrogen and oxygen atoms in total. The topological polar surface area (TPSA) is 101 Å². The number of anilines is 1. The van der Waals surface area contributed by atoms with Gasteiger partial charge >= 0.3 is 0 Å². The van der Waals surface area contributed by atoms with E-state index in [0.29, 0.717) is 18.8 Å². The molecule has 4 N–H and O–H groups in total. The van der Waals surface area contributed by atoms with Gasteiger partial charge in [0.25, 0.3) is 5.56 Å². The number of nitrogens with zero attached hydrogens (tertiary/aromatic N) is 1. The first kappa shape index (κ1) is 15.0. The standard InChI is InChI=1S/C17H18N4O2/c1-10-15(11-5-3-2-4-6-11)16(10)17(23)19-8-7-13-20-12(18)9-14(22)21-13/h2-6,9,16H,7-8H2,1H3,(H,19,23)(H3,18,20,21,22). The zero-order valence-corrected chi connectivity index (χ0v) is 12.8. The van der Waals surface area contributed by atoms with Gasteiger partial charge in [0, 0.05) is 19.0 Å². The summed E-state index contributed by atoms with van der Waals surface area (Å²) in [6, 6.07) is 11.1. The van der Waals surface area contributed by atoms with Gasteiger partial charge in [-0.25, -0.2) is 4.98 Å². The SMILES string of the molecule is CC1=C(c2ccccc2)C1C(=O)NCCc1nc(N)cc(=O)[nH]1. The molecule has 1 unspecified atom stereocenters. The highest BCUT2D eigenvalue weighted by Gasteiger charge is 2.39. The summed E-state index contributed by atoms with van der Waals surface area (Å²) in [6.45, 7) is 2.38. The summed E-state index contributed by atoms with van der Waals surface area (Å²) in [7, 11) is 0. The van der Waals surface area contributed by atoms with E-state index < -0.39 is 0 Å². The molecular weight excluding hydrogens is 292 g/mol. The van der Waals surface area contributed by atoms with E-state index in [4.69, 9.17) is 5.73 Å². The van der Waals surface area contributed by atoms with Crippen molar-refractivity contribution < 1.29 is 4.79 Å². The maximum atomic E-state index is 12.3. The van der Waals surface area contributed by atoms with Gasteiger partial charge in [0.15, 0.2) is 0 Å². The first-order valence-corrected chi connectivity index (χ1v) is 7.46.